The van der Waals surface area contributed by atoms with Crippen molar-refractivity contribution in [2.24, 2.45) is 5.92 Å². The molecule has 2 N–H and O–H groups in total. The van der Waals surface area contributed by atoms with Gasteiger partial charge in [0, 0.05) is 69.0 Å². The molecule has 1 aliphatic heterocycles. The van der Waals surface area contributed by atoms with E-state index in [-0.39, 0.29) is 24.0 Å². The van der Waals surface area contributed by atoms with Crippen LogP contribution in [0, 0.1) is 5.92 Å². The largest absolute Gasteiger partial charge is 0.497 e. The third-order valence-electron chi connectivity index (χ3n) is 6.33. The maximum atomic E-state index is 13.6. The monoisotopic (exact) mass is 529 g/mol. The number of benzene rings is 2. The SMILES string of the molecule is COCCCOc1cc(C(=O)N(C[C@@H]2CNC[C@H]2OC(=O)Nc2cccc(OC)c2)C(C)C)ccc1OC. The van der Waals surface area contributed by atoms with Crippen molar-refractivity contribution in [1.82, 2.24) is 10.2 Å². The number of nitrogens with zero attached hydrogens (tertiary/aromatic N) is 1. The molecule has 0 bridgehead atoms. The lowest BCUT2D eigenvalue weighted by atomic mass is 10.0. The van der Waals surface area contributed by atoms with Gasteiger partial charge in [-0.25, -0.2) is 4.79 Å². The van der Waals surface area contributed by atoms with Crippen LogP contribution in [0.15, 0.2) is 42.5 Å². The normalized spacial score (nSPS) is 16.7. The van der Waals surface area contributed by atoms with Gasteiger partial charge in [0.15, 0.2) is 11.5 Å². The van der Waals surface area contributed by atoms with Gasteiger partial charge >= 0.3 is 6.09 Å². The number of amides is 2. The van der Waals surface area contributed by atoms with E-state index in [4.69, 9.17) is 23.7 Å². The van der Waals surface area contributed by atoms with Gasteiger partial charge in [0.2, 0.25) is 0 Å². The molecular formula is C28H39N3O7. The summed E-state index contributed by atoms with van der Waals surface area (Å²) in [7, 11) is 4.77. The Morgan fingerprint density at radius 1 is 1.03 bits per heavy atom. The van der Waals surface area contributed by atoms with Crippen LogP contribution in [0.1, 0.15) is 30.6 Å². The first-order valence-corrected chi connectivity index (χ1v) is 12.8. The molecule has 2 atom stereocenters. The molecule has 2 amide bonds. The van der Waals surface area contributed by atoms with Crippen molar-refractivity contribution in [3.63, 3.8) is 0 Å². The number of hydrogen-bond acceptors (Lipinski definition) is 8. The number of ether oxygens (including phenoxy) is 5. The van der Waals surface area contributed by atoms with Crippen LogP contribution in [0.4, 0.5) is 10.5 Å². The second-order valence-electron chi connectivity index (χ2n) is 9.33. The summed E-state index contributed by atoms with van der Waals surface area (Å²) < 4.78 is 27.3. The first-order valence-electron chi connectivity index (χ1n) is 12.8. The van der Waals surface area contributed by atoms with Crippen molar-refractivity contribution in [1.29, 1.82) is 0 Å². The summed E-state index contributed by atoms with van der Waals surface area (Å²) in [5, 5.41) is 6.03. The van der Waals surface area contributed by atoms with Gasteiger partial charge in [0.05, 0.1) is 20.8 Å². The summed E-state index contributed by atoms with van der Waals surface area (Å²) >= 11 is 0. The minimum atomic E-state index is -0.551. The van der Waals surface area contributed by atoms with E-state index in [0.717, 1.165) is 6.42 Å². The second-order valence-corrected chi connectivity index (χ2v) is 9.33. The van der Waals surface area contributed by atoms with Gasteiger partial charge < -0.3 is 33.9 Å². The standard InChI is InChI=1S/C28H39N3O7/c1-19(2)31(27(32)20-10-11-24(36-5)25(14-20)37-13-7-12-34-3)18-21-16-29-17-26(21)38-28(33)30-22-8-6-9-23(15-22)35-4/h6,8-11,14-15,19,21,26,29H,7,12-13,16-18H2,1-5H3,(H,30,33)/t21-,26+/m0/s1. The summed E-state index contributed by atoms with van der Waals surface area (Å²) in [4.78, 5) is 28.0. The van der Waals surface area contributed by atoms with Crippen LogP contribution in [0.3, 0.4) is 0 Å². The zero-order chi connectivity index (χ0) is 27.5. The Morgan fingerprint density at radius 2 is 1.84 bits per heavy atom. The van der Waals surface area contributed by atoms with Crippen LogP contribution in [0.2, 0.25) is 0 Å². The predicted molar refractivity (Wildman–Crippen MR) is 144 cm³/mol. The number of anilines is 1. The molecule has 1 heterocycles. The van der Waals surface area contributed by atoms with E-state index in [0.29, 0.717) is 61.3 Å². The maximum absolute atomic E-state index is 13.6. The zero-order valence-electron chi connectivity index (χ0n) is 22.8. The van der Waals surface area contributed by atoms with Crippen LogP contribution >= 0.6 is 0 Å². The fraction of sp³-hybridized carbons (Fsp3) is 0.500. The molecule has 38 heavy (non-hydrogen) atoms. The molecule has 1 aliphatic rings. The van der Waals surface area contributed by atoms with Crippen molar-refractivity contribution in [2.45, 2.75) is 32.4 Å². The molecule has 10 heteroatoms. The summed E-state index contributed by atoms with van der Waals surface area (Å²) in [6, 6.07) is 12.2. The van der Waals surface area contributed by atoms with Gasteiger partial charge in [-0.3, -0.25) is 10.1 Å². The maximum Gasteiger partial charge on any atom is 0.411 e. The lowest BCUT2D eigenvalue weighted by Crippen LogP contribution is -2.44. The highest BCUT2D eigenvalue weighted by molar-refractivity contribution is 5.95. The molecule has 0 radical (unpaired) electrons. The summed E-state index contributed by atoms with van der Waals surface area (Å²) in [6.07, 6.45) is -0.216. The number of carbonyl (C=O) groups excluding carboxylic acids is 2. The summed E-state index contributed by atoms with van der Waals surface area (Å²) in [5.41, 5.74) is 1.08. The zero-order valence-corrected chi connectivity index (χ0v) is 22.8. The smallest absolute Gasteiger partial charge is 0.411 e. The molecular weight excluding hydrogens is 490 g/mol. The van der Waals surface area contributed by atoms with Crippen molar-refractivity contribution < 1.29 is 33.3 Å². The van der Waals surface area contributed by atoms with Crippen molar-refractivity contribution in [3.05, 3.63) is 48.0 Å². The van der Waals surface area contributed by atoms with Gasteiger partial charge in [-0.1, -0.05) is 6.07 Å². The Balaban J connectivity index is 1.66. The van der Waals surface area contributed by atoms with Crippen LogP contribution in [-0.4, -0.2) is 83.2 Å². The van der Waals surface area contributed by atoms with E-state index >= 15 is 0 Å². The number of nitrogens with one attached hydrogen (secondary N) is 2. The first kappa shape index (κ1) is 29.1. The molecule has 1 saturated heterocycles. The first-order chi connectivity index (χ1) is 18.4. The molecule has 0 aromatic heterocycles. The fourth-order valence-electron chi connectivity index (χ4n) is 4.27. The van der Waals surface area contributed by atoms with Crippen molar-refractivity contribution >= 4 is 17.7 Å². The van der Waals surface area contributed by atoms with Crippen LogP contribution < -0.4 is 24.8 Å². The average Bonchev–Trinajstić information content (AvgIpc) is 3.35. The number of rotatable bonds is 13. The van der Waals surface area contributed by atoms with Gasteiger partial charge in [-0.05, 0) is 44.2 Å². The molecule has 3 rings (SSSR count). The quantitative estimate of drug-likeness (QED) is 0.377. The lowest BCUT2D eigenvalue weighted by molar-refractivity contribution is 0.0553. The Bertz CT molecular complexity index is 1060. The number of carbonyl (C=O) groups is 2. The van der Waals surface area contributed by atoms with E-state index in [1.54, 1.807) is 68.7 Å². The summed E-state index contributed by atoms with van der Waals surface area (Å²) in [5.74, 6) is 1.51. The van der Waals surface area contributed by atoms with E-state index in [9.17, 15) is 9.59 Å². The Hall–Kier alpha value is -3.50. The Labute approximate surface area is 224 Å². The highest BCUT2D eigenvalue weighted by Crippen LogP contribution is 2.29. The summed E-state index contributed by atoms with van der Waals surface area (Å²) in [6.45, 7) is 6.53. The van der Waals surface area contributed by atoms with Crippen LogP contribution in [-0.2, 0) is 9.47 Å². The van der Waals surface area contributed by atoms with Crippen LogP contribution in [0.5, 0.6) is 17.2 Å². The van der Waals surface area contributed by atoms with Gasteiger partial charge in [-0.15, -0.1) is 0 Å². The second kappa shape index (κ2) is 14.4. The van der Waals surface area contributed by atoms with Gasteiger partial charge in [0.25, 0.3) is 5.91 Å². The minimum absolute atomic E-state index is 0.0671. The fourth-order valence-corrected chi connectivity index (χ4v) is 4.27. The third kappa shape index (κ3) is 8.00. The van der Waals surface area contributed by atoms with E-state index < -0.39 is 6.09 Å². The van der Waals surface area contributed by atoms with Crippen molar-refractivity contribution in [2.75, 3.05) is 59.5 Å². The third-order valence-corrected chi connectivity index (χ3v) is 6.33. The highest BCUT2D eigenvalue weighted by Gasteiger charge is 2.34. The Kier molecular flexibility index (Phi) is 11.0. The van der Waals surface area contributed by atoms with Crippen molar-refractivity contribution in [3.8, 4) is 17.2 Å². The molecule has 208 valence electrons. The van der Waals surface area contributed by atoms with Gasteiger partial charge in [0.1, 0.15) is 11.9 Å². The lowest BCUT2D eigenvalue weighted by Gasteiger charge is -2.31. The molecule has 10 nitrogen and oxygen atoms in total. The molecule has 1 fully saturated rings. The van der Waals surface area contributed by atoms with Gasteiger partial charge in [-0.2, -0.15) is 0 Å². The highest BCUT2D eigenvalue weighted by atomic mass is 16.6. The minimum Gasteiger partial charge on any atom is -0.497 e. The topological polar surface area (TPSA) is 108 Å². The molecule has 2 aromatic rings. The van der Waals surface area contributed by atoms with E-state index in [2.05, 4.69) is 10.6 Å². The number of hydrogen-bond donors (Lipinski definition) is 2. The number of methoxy groups -OCH3 is 3. The molecule has 2 aromatic carbocycles. The van der Waals surface area contributed by atoms with Crippen LogP contribution in [0.25, 0.3) is 0 Å². The molecule has 0 aliphatic carbocycles. The van der Waals surface area contributed by atoms with E-state index in [1.165, 1.54) is 0 Å². The molecule has 0 saturated carbocycles. The van der Waals surface area contributed by atoms with E-state index in [1.807, 2.05) is 13.8 Å². The predicted octanol–water partition coefficient (Wildman–Crippen LogP) is 3.81. The Morgan fingerprint density at radius 3 is 2.55 bits per heavy atom. The average molecular weight is 530 g/mol. The molecule has 0 spiro atoms. The molecule has 0 unspecified atom stereocenters.